The normalized spacial score (nSPS) is 18.4. The highest BCUT2D eigenvalue weighted by Gasteiger charge is 2.30. The third-order valence-electron chi connectivity index (χ3n) is 4.76. The SMILES string of the molecule is O=C(CO)c1ccc2c(c1)N(CC1CCc3ccccc3O1)C(=O)CO2. The van der Waals surface area contributed by atoms with Crippen LogP contribution in [0, 0.1) is 0 Å². The van der Waals surface area contributed by atoms with Crippen LogP contribution in [0.1, 0.15) is 22.3 Å². The molecule has 4 rings (SSSR count). The summed E-state index contributed by atoms with van der Waals surface area (Å²) in [4.78, 5) is 25.9. The fourth-order valence-corrected chi connectivity index (χ4v) is 3.38. The molecule has 0 aromatic heterocycles. The number of fused-ring (bicyclic) bond motifs is 2. The molecule has 0 bridgehead atoms. The van der Waals surface area contributed by atoms with Crippen LogP contribution in [-0.4, -0.2) is 42.7 Å². The van der Waals surface area contributed by atoms with Gasteiger partial charge in [-0.05, 0) is 42.7 Å². The number of amides is 1. The molecule has 2 heterocycles. The molecule has 2 aromatic carbocycles. The Morgan fingerprint density at radius 2 is 2.04 bits per heavy atom. The van der Waals surface area contributed by atoms with Crippen LogP contribution in [0.4, 0.5) is 5.69 Å². The lowest BCUT2D eigenvalue weighted by Crippen LogP contribution is -2.45. The lowest BCUT2D eigenvalue weighted by atomic mass is 10.0. The molecular weight excluding hydrogens is 334 g/mol. The maximum absolute atomic E-state index is 12.4. The monoisotopic (exact) mass is 353 g/mol. The minimum Gasteiger partial charge on any atom is -0.488 e. The van der Waals surface area contributed by atoms with Crippen molar-refractivity contribution in [2.75, 3.05) is 24.7 Å². The van der Waals surface area contributed by atoms with Crippen molar-refractivity contribution in [2.45, 2.75) is 18.9 Å². The molecule has 1 amide bonds. The molecule has 2 aliphatic heterocycles. The summed E-state index contributed by atoms with van der Waals surface area (Å²) in [7, 11) is 0. The minimum atomic E-state index is -0.573. The van der Waals surface area contributed by atoms with Gasteiger partial charge in [0, 0.05) is 5.56 Å². The number of aliphatic hydroxyl groups is 1. The van der Waals surface area contributed by atoms with E-state index in [0.717, 1.165) is 18.6 Å². The Morgan fingerprint density at radius 3 is 2.88 bits per heavy atom. The van der Waals surface area contributed by atoms with E-state index in [4.69, 9.17) is 14.6 Å². The fourth-order valence-electron chi connectivity index (χ4n) is 3.38. The van der Waals surface area contributed by atoms with Crippen molar-refractivity contribution in [1.29, 1.82) is 0 Å². The van der Waals surface area contributed by atoms with Crippen molar-refractivity contribution in [3.05, 3.63) is 53.6 Å². The Labute approximate surface area is 151 Å². The van der Waals surface area contributed by atoms with Crippen molar-refractivity contribution in [3.8, 4) is 11.5 Å². The van der Waals surface area contributed by atoms with E-state index >= 15 is 0 Å². The van der Waals surface area contributed by atoms with E-state index < -0.39 is 12.4 Å². The summed E-state index contributed by atoms with van der Waals surface area (Å²) in [5.74, 6) is 0.839. The second-order valence-electron chi connectivity index (χ2n) is 6.44. The predicted molar refractivity (Wildman–Crippen MR) is 94.9 cm³/mol. The summed E-state index contributed by atoms with van der Waals surface area (Å²) >= 11 is 0. The number of aryl methyl sites for hydroxylation is 1. The zero-order valence-electron chi connectivity index (χ0n) is 14.2. The van der Waals surface area contributed by atoms with Crippen LogP contribution < -0.4 is 14.4 Å². The average molecular weight is 353 g/mol. The number of aliphatic hydroxyl groups excluding tert-OH is 1. The molecule has 134 valence electrons. The molecule has 0 spiro atoms. The lowest BCUT2D eigenvalue weighted by molar-refractivity contribution is -0.121. The first-order chi connectivity index (χ1) is 12.7. The molecule has 26 heavy (non-hydrogen) atoms. The summed E-state index contributed by atoms with van der Waals surface area (Å²) < 4.78 is 11.5. The number of carbonyl (C=O) groups is 2. The maximum Gasteiger partial charge on any atom is 0.265 e. The number of para-hydroxylation sites is 1. The molecule has 0 radical (unpaired) electrons. The number of carbonyl (C=O) groups excluding carboxylic acids is 2. The van der Waals surface area contributed by atoms with Crippen LogP contribution in [0.25, 0.3) is 0 Å². The standard InChI is InChI=1S/C20H19NO5/c22-11-17(23)14-6-8-19-16(9-14)21(20(24)12-25-19)10-15-7-5-13-3-1-2-4-18(13)26-15/h1-4,6,8-9,15,22H,5,7,10-12H2. The number of nitrogens with zero attached hydrogens (tertiary/aromatic N) is 1. The van der Waals surface area contributed by atoms with Crippen LogP contribution in [0.3, 0.4) is 0 Å². The Bertz CT molecular complexity index is 863. The van der Waals surface area contributed by atoms with Crippen LogP contribution in [0.5, 0.6) is 11.5 Å². The average Bonchev–Trinajstić information content (AvgIpc) is 2.69. The van der Waals surface area contributed by atoms with E-state index in [1.54, 1.807) is 23.1 Å². The van der Waals surface area contributed by atoms with Gasteiger partial charge in [-0.25, -0.2) is 0 Å². The van der Waals surface area contributed by atoms with E-state index in [0.29, 0.717) is 23.5 Å². The first kappa shape index (κ1) is 16.6. The maximum atomic E-state index is 12.4. The van der Waals surface area contributed by atoms with Gasteiger partial charge in [0.05, 0.1) is 12.2 Å². The van der Waals surface area contributed by atoms with E-state index in [1.165, 1.54) is 5.56 Å². The molecule has 1 N–H and O–H groups in total. The number of Topliss-reactive ketones (excluding diaryl/α,β-unsaturated/α-hetero) is 1. The van der Waals surface area contributed by atoms with Crippen molar-refractivity contribution >= 4 is 17.4 Å². The Kier molecular flexibility index (Phi) is 4.34. The molecule has 1 atom stereocenters. The highest BCUT2D eigenvalue weighted by Crippen LogP contribution is 2.35. The first-order valence-electron chi connectivity index (χ1n) is 8.61. The smallest absolute Gasteiger partial charge is 0.265 e. The van der Waals surface area contributed by atoms with E-state index in [9.17, 15) is 9.59 Å². The molecule has 6 nitrogen and oxygen atoms in total. The molecule has 0 aliphatic carbocycles. The lowest BCUT2D eigenvalue weighted by Gasteiger charge is -2.34. The number of anilines is 1. The third kappa shape index (κ3) is 3.04. The number of hydrogen-bond acceptors (Lipinski definition) is 5. The minimum absolute atomic E-state index is 0.0381. The second-order valence-corrected chi connectivity index (χ2v) is 6.44. The van der Waals surface area contributed by atoms with Crippen molar-refractivity contribution in [3.63, 3.8) is 0 Å². The Balaban J connectivity index is 1.59. The predicted octanol–water partition coefficient (Wildman–Crippen LogP) is 1.98. The van der Waals surface area contributed by atoms with Crippen LogP contribution >= 0.6 is 0 Å². The quantitative estimate of drug-likeness (QED) is 0.851. The molecule has 0 fully saturated rings. The second kappa shape index (κ2) is 6.80. The third-order valence-corrected chi connectivity index (χ3v) is 4.76. The van der Waals surface area contributed by atoms with Crippen LogP contribution in [0.2, 0.25) is 0 Å². The van der Waals surface area contributed by atoms with Crippen LogP contribution in [-0.2, 0) is 11.2 Å². The van der Waals surface area contributed by atoms with Gasteiger partial charge in [0.15, 0.2) is 12.4 Å². The van der Waals surface area contributed by atoms with Crippen molar-refractivity contribution in [1.82, 2.24) is 0 Å². The van der Waals surface area contributed by atoms with E-state index in [1.807, 2.05) is 24.3 Å². The first-order valence-corrected chi connectivity index (χ1v) is 8.61. The van der Waals surface area contributed by atoms with Gasteiger partial charge in [-0.2, -0.15) is 0 Å². The fraction of sp³-hybridized carbons (Fsp3) is 0.300. The zero-order valence-corrected chi connectivity index (χ0v) is 14.2. The van der Waals surface area contributed by atoms with E-state index in [2.05, 4.69) is 0 Å². The highest BCUT2D eigenvalue weighted by atomic mass is 16.5. The van der Waals surface area contributed by atoms with Crippen molar-refractivity contribution in [2.24, 2.45) is 0 Å². The van der Waals surface area contributed by atoms with Gasteiger partial charge in [0.25, 0.3) is 5.91 Å². The van der Waals surface area contributed by atoms with Crippen molar-refractivity contribution < 1.29 is 24.2 Å². The molecule has 6 heteroatoms. The van der Waals surface area contributed by atoms with Gasteiger partial charge in [-0.15, -0.1) is 0 Å². The van der Waals surface area contributed by atoms with Crippen LogP contribution in [0.15, 0.2) is 42.5 Å². The topological polar surface area (TPSA) is 76.1 Å². The Hall–Kier alpha value is -2.86. The number of benzene rings is 2. The molecule has 0 saturated carbocycles. The molecule has 2 aliphatic rings. The number of ether oxygens (including phenoxy) is 2. The summed E-state index contributed by atoms with van der Waals surface area (Å²) in [6, 6.07) is 12.8. The largest absolute Gasteiger partial charge is 0.488 e. The number of rotatable bonds is 4. The van der Waals surface area contributed by atoms with Gasteiger partial charge >= 0.3 is 0 Å². The summed E-state index contributed by atoms with van der Waals surface area (Å²) in [5.41, 5.74) is 2.07. The zero-order chi connectivity index (χ0) is 18.1. The highest BCUT2D eigenvalue weighted by molar-refractivity contribution is 6.02. The molecule has 0 saturated heterocycles. The van der Waals surface area contributed by atoms with Gasteiger partial charge in [-0.1, -0.05) is 18.2 Å². The van der Waals surface area contributed by atoms with Gasteiger partial charge in [-0.3, -0.25) is 9.59 Å². The number of ketones is 1. The summed E-state index contributed by atoms with van der Waals surface area (Å²) in [6.07, 6.45) is 1.58. The molecule has 2 aromatic rings. The van der Waals surface area contributed by atoms with Gasteiger partial charge in [0.1, 0.15) is 24.2 Å². The van der Waals surface area contributed by atoms with E-state index in [-0.39, 0.29) is 18.6 Å². The summed E-state index contributed by atoms with van der Waals surface area (Å²) in [6.45, 7) is -0.222. The summed E-state index contributed by atoms with van der Waals surface area (Å²) in [5, 5.41) is 9.08. The number of hydrogen-bond donors (Lipinski definition) is 1. The molecule has 1 unspecified atom stereocenters. The van der Waals surface area contributed by atoms with Gasteiger partial charge in [0.2, 0.25) is 0 Å². The van der Waals surface area contributed by atoms with Gasteiger partial charge < -0.3 is 19.5 Å². The molecular formula is C20H19NO5. The Morgan fingerprint density at radius 1 is 1.19 bits per heavy atom.